The zero-order valence-corrected chi connectivity index (χ0v) is 11.1. The summed E-state index contributed by atoms with van der Waals surface area (Å²) >= 11 is 0. The molecule has 0 aliphatic heterocycles. The van der Waals surface area contributed by atoms with Crippen LogP contribution in [0.15, 0.2) is 53.6 Å². The van der Waals surface area contributed by atoms with Gasteiger partial charge >= 0.3 is 5.69 Å². The van der Waals surface area contributed by atoms with Gasteiger partial charge in [-0.15, -0.1) is 0 Å². The third kappa shape index (κ3) is 2.36. The highest BCUT2D eigenvalue weighted by molar-refractivity contribution is 5.95. The Morgan fingerprint density at radius 3 is 2.67 bits per heavy atom. The monoisotopic (exact) mass is 283 g/mol. The van der Waals surface area contributed by atoms with Gasteiger partial charge in [-0.05, 0) is 5.56 Å². The Bertz CT molecular complexity index is 828. The molecule has 3 N–H and O–H groups in total. The van der Waals surface area contributed by atoms with Crippen molar-refractivity contribution in [1.29, 1.82) is 0 Å². The second-order valence-corrected chi connectivity index (χ2v) is 4.52. The molecule has 21 heavy (non-hydrogen) atoms. The normalized spacial score (nSPS) is 10.7. The average Bonchev–Trinajstić information content (AvgIpc) is 3.07. The van der Waals surface area contributed by atoms with E-state index in [2.05, 4.69) is 10.1 Å². The molecule has 3 rings (SSSR count). The molecule has 106 valence electrons. The summed E-state index contributed by atoms with van der Waals surface area (Å²) in [6, 6.07) is 10.9. The second-order valence-electron chi connectivity index (χ2n) is 4.52. The maximum atomic E-state index is 12.4. The smallest absolute Gasteiger partial charge is 0.326 e. The van der Waals surface area contributed by atoms with Crippen molar-refractivity contribution >= 4 is 11.7 Å². The first-order chi connectivity index (χ1) is 10.2. The fraction of sp³-hybridized carbons (Fsp3) is 0.0714. The topological polar surface area (TPSA) is 98.7 Å². The van der Waals surface area contributed by atoms with Crippen molar-refractivity contribution in [2.24, 2.45) is 0 Å². The lowest BCUT2D eigenvalue weighted by Crippen LogP contribution is -2.25. The lowest BCUT2D eigenvalue weighted by molar-refractivity contribution is 0.0939. The highest BCUT2D eigenvalue weighted by Crippen LogP contribution is 2.08. The summed E-state index contributed by atoms with van der Waals surface area (Å²) in [5.41, 5.74) is 6.44. The summed E-state index contributed by atoms with van der Waals surface area (Å²) in [6.45, 7) is 0.297. The number of benzene rings is 1. The van der Waals surface area contributed by atoms with Gasteiger partial charge in [-0.3, -0.25) is 9.36 Å². The standard InChI is InChI=1S/C14H13N5O2/c15-12-6-7-17-19(12)13(20)11-8-16-14(21)18(11)9-10-4-2-1-3-5-10/h1-8H,9,15H2,(H,16,21). The molecule has 0 atom stereocenters. The molecule has 7 nitrogen and oxygen atoms in total. The molecule has 0 unspecified atom stereocenters. The Balaban J connectivity index is 2.00. The van der Waals surface area contributed by atoms with Gasteiger partial charge in [0, 0.05) is 12.3 Å². The number of imidazole rings is 1. The second kappa shape index (κ2) is 5.12. The molecule has 1 aromatic carbocycles. The molecule has 0 saturated heterocycles. The van der Waals surface area contributed by atoms with E-state index >= 15 is 0 Å². The minimum absolute atomic E-state index is 0.208. The first-order valence-electron chi connectivity index (χ1n) is 6.33. The van der Waals surface area contributed by atoms with Crippen molar-refractivity contribution in [3.63, 3.8) is 0 Å². The van der Waals surface area contributed by atoms with Crippen molar-refractivity contribution < 1.29 is 4.79 Å². The highest BCUT2D eigenvalue weighted by atomic mass is 16.2. The van der Waals surface area contributed by atoms with Crippen LogP contribution in [0.4, 0.5) is 5.82 Å². The van der Waals surface area contributed by atoms with Gasteiger partial charge in [-0.25, -0.2) is 4.79 Å². The summed E-state index contributed by atoms with van der Waals surface area (Å²) in [6.07, 6.45) is 2.80. The van der Waals surface area contributed by atoms with Crippen LogP contribution >= 0.6 is 0 Å². The quantitative estimate of drug-likeness (QED) is 0.738. The molecule has 0 saturated carbocycles. The van der Waals surface area contributed by atoms with Crippen LogP contribution in [0.2, 0.25) is 0 Å². The van der Waals surface area contributed by atoms with E-state index in [0.29, 0.717) is 6.54 Å². The molecule has 0 radical (unpaired) electrons. The Morgan fingerprint density at radius 1 is 1.24 bits per heavy atom. The molecule has 0 aliphatic rings. The van der Waals surface area contributed by atoms with Crippen LogP contribution in [0.5, 0.6) is 0 Å². The van der Waals surface area contributed by atoms with E-state index in [4.69, 9.17) is 5.73 Å². The van der Waals surface area contributed by atoms with Crippen LogP contribution in [-0.4, -0.2) is 25.2 Å². The maximum absolute atomic E-state index is 12.4. The van der Waals surface area contributed by atoms with Crippen LogP contribution in [0.25, 0.3) is 0 Å². The zero-order chi connectivity index (χ0) is 14.8. The van der Waals surface area contributed by atoms with Crippen molar-refractivity contribution in [3.05, 3.63) is 70.5 Å². The van der Waals surface area contributed by atoms with E-state index in [-0.39, 0.29) is 17.2 Å². The first-order valence-corrected chi connectivity index (χ1v) is 6.33. The molecule has 0 spiro atoms. The van der Waals surface area contributed by atoms with Crippen molar-refractivity contribution in [3.8, 4) is 0 Å². The Kier molecular flexibility index (Phi) is 3.15. The van der Waals surface area contributed by atoms with Crippen LogP contribution in [0.1, 0.15) is 16.1 Å². The number of H-pyrrole nitrogens is 1. The Hall–Kier alpha value is -3.09. The van der Waals surface area contributed by atoms with Gasteiger partial charge in [0.15, 0.2) is 0 Å². The average molecular weight is 283 g/mol. The summed E-state index contributed by atoms with van der Waals surface area (Å²) in [5.74, 6) is -0.230. The number of nitrogens with one attached hydrogen (secondary N) is 1. The number of rotatable bonds is 3. The summed E-state index contributed by atoms with van der Waals surface area (Å²) in [7, 11) is 0. The van der Waals surface area contributed by atoms with E-state index in [1.54, 1.807) is 0 Å². The van der Waals surface area contributed by atoms with Crippen LogP contribution in [0, 0.1) is 0 Å². The summed E-state index contributed by atoms with van der Waals surface area (Å²) in [5, 5.41) is 3.86. The first kappa shape index (κ1) is 12.9. The SMILES string of the molecule is Nc1ccnn1C(=O)c1c[nH]c(=O)n1Cc1ccccc1. The Labute approximate surface area is 119 Å². The Morgan fingerprint density at radius 2 is 2.00 bits per heavy atom. The third-order valence-corrected chi connectivity index (χ3v) is 3.14. The van der Waals surface area contributed by atoms with Gasteiger partial charge in [0.2, 0.25) is 0 Å². The number of hydrogen-bond donors (Lipinski definition) is 2. The van der Waals surface area contributed by atoms with E-state index in [1.807, 2.05) is 30.3 Å². The van der Waals surface area contributed by atoms with E-state index in [1.165, 1.54) is 23.0 Å². The van der Waals surface area contributed by atoms with Crippen molar-refractivity contribution in [2.75, 3.05) is 5.73 Å². The number of aromatic amines is 1. The lowest BCUT2D eigenvalue weighted by Gasteiger charge is -2.07. The summed E-state index contributed by atoms with van der Waals surface area (Å²) < 4.78 is 2.42. The predicted molar refractivity (Wildman–Crippen MR) is 77.0 cm³/mol. The number of nitrogen functional groups attached to an aromatic ring is 1. The van der Waals surface area contributed by atoms with E-state index in [0.717, 1.165) is 10.2 Å². The lowest BCUT2D eigenvalue weighted by atomic mass is 10.2. The highest BCUT2D eigenvalue weighted by Gasteiger charge is 2.18. The molecular formula is C14H13N5O2. The van der Waals surface area contributed by atoms with Crippen molar-refractivity contribution in [1.82, 2.24) is 19.3 Å². The van der Waals surface area contributed by atoms with Gasteiger partial charge in [-0.1, -0.05) is 30.3 Å². The van der Waals surface area contributed by atoms with Gasteiger partial charge in [0.25, 0.3) is 5.91 Å². The molecular weight excluding hydrogens is 270 g/mol. The molecule has 2 heterocycles. The number of nitrogens with zero attached hydrogens (tertiary/aromatic N) is 3. The molecule has 0 aliphatic carbocycles. The maximum Gasteiger partial charge on any atom is 0.326 e. The summed E-state index contributed by atoms with van der Waals surface area (Å²) in [4.78, 5) is 26.8. The van der Waals surface area contributed by atoms with Crippen molar-refractivity contribution in [2.45, 2.75) is 6.54 Å². The van der Waals surface area contributed by atoms with E-state index < -0.39 is 5.91 Å². The number of carbonyl (C=O) groups excluding carboxylic acids is 1. The molecule has 0 fully saturated rings. The van der Waals surface area contributed by atoms with Gasteiger partial charge in [0.1, 0.15) is 11.5 Å². The predicted octanol–water partition coefficient (Wildman–Crippen LogP) is 0.692. The molecule has 7 heteroatoms. The third-order valence-electron chi connectivity index (χ3n) is 3.14. The minimum atomic E-state index is -0.452. The fourth-order valence-corrected chi connectivity index (χ4v) is 2.09. The molecule has 3 aromatic rings. The number of carbonyl (C=O) groups is 1. The van der Waals surface area contributed by atoms with E-state index in [9.17, 15) is 9.59 Å². The van der Waals surface area contributed by atoms with Gasteiger partial charge in [0.05, 0.1) is 12.7 Å². The number of nitrogens with two attached hydrogens (primary N) is 1. The number of hydrogen-bond acceptors (Lipinski definition) is 4. The van der Waals surface area contributed by atoms with Crippen LogP contribution in [-0.2, 0) is 6.54 Å². The largest absolute Gasteiger partial charge is 0.383 e. The van der Waals surface area contributed by atoms with Gasteiger partial charge in [-0.2, -0.15) is 9.78 Å². The van der Waals surface area contributed by atoms with Crippen LogP contribution < -0.4 is 11.4 Å². The van der Waals surface area contributed by atoms with Gasteiger partial charge < -0.3 is 10.7 Å². The van der Waals surface area contributed by atoms with Crippen LogP contribution in [0.3, 0.4) is 0 Å². The zero-order valence-electron chi connectivity index (χ0n) is 11.1. The fourth-order valence-electron chi connectivity index (χ4n) is 2.09. The number of aromatic nitrogens is 4. The molecule has 0 amide bonds. The number of anilines is 1. The minimum Gasteiger partial charge on any atom is -0.383 e. The molecule has 0 bridgehead atoms. The molecule has 2 aromatic heterocycles.